The van der Waals surface area contributed by atoms with Crippen molar-refractivity contribution in [2.45, 2.75) is 38.4 Å². The number of carbonyl (C=O) groups is 1. The molecule has 0 unspecified atom stereocenters. The minimum Gasteiger partial charge on any atom is -0.371 e. The summed E-state index contributed by atoms with van der Waals surface area (Å²) >= 11 is 0. The molecule has 0 bridgehead atoms. The van der Waals surface area contributed by atoms with Crippen LogP contribution in [0.25, 0.3) is 0 Å². The van der Waals surface area contributed by atoms with Gasteiger partial charge in [0.1, 0.15) is 0 Å². The number of hydrogen-bond donors (Lipinski definition) is 2. The highest BCUT2D eigenvalue weighted by Gasteiger charge is 2.19. The van der Waals surface area contributed by atoms with Gasteiger partial charge in [-0.15, -0.1) is 0 Å². The van der Waals surface area contributed by atoms with E-state index in [1.165, 1.54) is 11.3 Å². The zero-order valence-electron chi connectivity index (χ0n) is 18.0. The van der Waals surface area contributed by atoms with Crippen LogP contribution >= 0.6 is 0 Å². The van der Waals surface area contributed by atoms with E-state index < -0.39 is 0 Å². The number of rotatable bonds is 7. The predicted octanol–water partition coefficient (Wildman–Crippen LogP) is 4.33. The van der Waals surface area contributed by atoms with Crippen molar-refractivity contribution in [3.8, 4) is 0 Å². The molecule has 1 aliphatic rings. The quantitative estimate of drug-likeness (QED) is 0.604. The average molecular weight is 415 g/mol. The lowest BCUT2D eigenvalue weighted by molar-refractivity contribution is 0.0940. The van der Waals surface area contributed by atoms with Crippen LogP contribution in [0, 0.1) is 0 Å². The number of hydrogen-bond acceptors (Lipinski definition) is 4. The molecule has 0 spiro atoms. The van der Waals surface area contributed by atoms with Crippen LogP contribution in [-0.2, 0) is 6.54 Å². The summed E-state index contributed by atoms with van der Waals surface area (Å²) in [6.07, 6.45) is 5.94. The predicted molar refractivity (Wildman–Crippen MR) is 125 cm³/mol. The fraction of sp³-hybridized carbons (Fsp3) is 0.308. The molecule has 31 heavy (non-hydrogen) atoms. The molecule has 2 heterocycles. The third-order valence-electron chi connectivity index (χ3n) is 5.95. The first-order valence-electron chi connectivity index (χ1n) is 11.0. The Balaban J connectivity index is 1.26. The van der Waals surface area contributed by atoms with Crippen LogP contribution in [0.3, 0.4) is 0 Å². The van der Waals surface area contributed by atoms with Gasteiger partial charge >= 0.3 is 0 Å². The molecule has 0 aliphatic carbocycles. The summed E-state index contributed by atoms with van der Waals surface area (Å²) in [4.78, 5) is 19.2. The van der Waals surface area contributed by atoms with Gasteiger partial charge in [-0.05, 0) is 61.2 Å². The van der Waals surface area contributed by atoms with E-state index >= 15 is 0 Å². The van der Waals surface area contributed by atoms with Crippen LogP contribution in [0.4, 0.5) is 5.69 Å². The van der Waals surface area contributed by atoms with Gasteiger partial charge in [-0.2, -0.15) is 0 Å². The van der Waals surface area contributed by atoms with Gasteiger partial charge in [0.25, 0.3) is 5.91 Å². The fourth-order valence-electron chi connectivity index (χ4n) is 4.04. The zero-order chi connectivity index (χ0) is 21.5. The number of anilines is 1. The van der Waals surface area contributed by atoms with Gasteiger partial charge in [-0.1, -0.05) is 36.4 Å². The van der Waals surface area contributed by atoms with E-state index in [2.05, 4.69) is 38.7 Å². The second-order valence-electron chi connectivity index (χ2n) is 8.16. The second kappa shape index (κ2) is 10.2. The Labute approximate surface area is 184 Å². The van der Waals surface area contributed by atoms with Crippen molar-refractivity contribution in [2.24, 2.45) is 0 Å². The van der Waals surface area contributed by atoms with Crippen molar-refractivity contribution in [3.05, 3.63) is 95.8 Å². The van der Waals surface area contributed by atoms with Crippen LogP contribution in [0.2, 0.25) is 0 Å². The Kier molecular flexibility index (Phi) is 6.95. The van der Waals surface area contributed by atoms with Gasteiger partial charge in [-0.3, -0.25) is 9.78 Å². The van der Waals surface area contributed by atoms with Gasteiger partial charge in [0, 0.05) is 49.3 Å². The van der Waals surface area contributed by atoms with Gasteiger partial charge in [0.15, 0.2) is 0 Å². The Bertz CT molecular complexity index is 952. The Hall–Kier alpha value is -3.18. The minimum absolute atomic E-state index is 0.0217. The second-order valence-corrected chi connectivity index (χ2v) is 8.16. The zero-order valence-corrected chi connectivity index (χ0v) is 18.0. The Morgan fingerprint density at radius 3 is 2.45 bits per heavy atom. The first kappa shape index (κ1) is 21.1. The molecule has 2 N–H and O–H groups in total. The highest BCUT2D eigenvalue weighted by molar-refractivity contribution is 5.94. The highest BCUT2D eigenvalue weighted by Crippen LogP contribution is 2.21. The van der Waals surface area contributed by atoms with Crippen molar-refractivity contribution >= 4 is 11.6 Å². The number of nitrogens with zero attached hydrogens (tertiary/aromatic N) is 2. The molecule has 2 aromatic carbocycles. The third-order valence-corrected chi connectivity index (χ3v) is 5.95. The standard InChI is InChI=1S/C26H30N4O/c1-20(22-7-3-2-4-8-22)29-26(31)23-9-11-25(12-10-23)30-16-13-24(14-17-30)28-19-21-6-5-15-27-18-21/h2-12,15,18,20,24,28H,13-14,16-17,19H2,1H3,(H,29,31)/t20-/m0/s1. The summed E-state index contributed by atoms with van der Waals surface area (Å²) in [5.74, 6) is -0.0405. The number of amides is 1. The van der Waals surface area contributed by atoms with Gasteiger partial charge in [-0.25, -0.2) is 0 Å². The van der Waals surface area contributed by atoms with Crippen LogP contribution in [0.5, 0.6) is 0 Å². The van der Waals surface area contributed by atoms with E-state index in [-0.39, 0.29) is 11.9 Å². The molecule has 5 nitrogen and oxygen atoms in total. The van der Waals surface area contributed by atoms with E-state index in [4.69, 9.17) is 0 Å². The fourth-order valence-corrected chi connectivity index (χ4v) is 4.04. The Morgan fingerprint density at radius 1 is 1.03 bits per heavy atom. The van der Waals surface area contributed by atoms with Gasteiger partial charge in [0.2, 0.25) is 0 Å². The van der Waals surface area contributed by atoms with Gasteiger partial charge in [0.05, 0.1) is 6.04 Å². The largest absolute Gasteiger partial charge is 0.371 e. The molecule has 1 amide bonds. The van der Waals surface area contributed by atoms with Crippen LogP contribution in [0.15, 0.2) is 79.1 Å². The molecule has 3 aromatic rings. The smallest absolute Gasteiger partial charge is 0.251 e. The monoisotopic (exact) mass is 414 g/mol. The number of piperidine rings is 1. The molecular weight excluding hydrogens is 384 g/mol. The molecule has 1 aliphatic heterocycles. The molecule has 0 radical (unpaired) electrons. The summed E-state index contributed by atoms with van der Waals surface area (Å²) in [6.45, 7) is 4.90. The lowest BCUT2D eigenvalue weighted by Gasteiger charge is -2.34. The number of pyridine rings is 1. The van der Waals surface area contributed by atoms with E-state index in [0.717, 1.165) is 38.0 Å². The van der Waals surface area contributed by atoms with Gasteiger partial charge < -0.3 is 15.5 Å². The van der Waals surface area contributed by atoms with Crippen molar-refractivity contribution in [1.29, 1.82) is 0 Å². The van der Waals surface area contributed by atoms with E-state index in [1.807, 2.05) is 61.7 Å². The molecule has 1 fully saturated rings. The maximum atomic E-state index is 12.6. The normalized spacial score (nSPS) is 15.5. The summed E-state index contributed by atoms with van der Waals surface area (Å²) in [6, 6.07) is 22.6. The Morgan fingerprint density at radius 2 is 1.77 bits per heavy atom. The summed E-state index contributed by atoms with van der Waals surface area (Å²) in [5.41, 5.74) is 4.20. The first-order chi connectivity index (χ1) is 15.2. The van der Waals surface area contributed by atoms with E-state index in [0.29, 0.717) is 11.6 Å². The third kappa shape index (κ3) is 5.70. The molecule has 160 valence electrons. The van der Waals surface area contributed by atoms with E-state index in [9.17, 15) is 4.79 Å². The molecule has 1 atom stereocenters. The lowest BCUT2D eigenvalue weighted by atomic mass is 10.0. The topological polar surface area (TPSA) is 57.3 Å². The SMILES string of the molecule is C[C@H](NC(=O)c1ccc(N2CCC(NCc3cccnc3)CC2)cc1)c1ccccc1. The highest BCUT2D eigenvalue weighted by atomic mass is 16.1. The average Bonchev–Trinajstić information content (AvgIpc) is 2.84. The molecule has 1 saturated heterocycles. The molecule has 5 heteroatoms. The summed E-state index contributed by atoms with van der Waals surface area (Å²) in [7, 11) is 0. The summed E-state index contributed by atoms with van der Waals surface area (Å²) in [5, 5.41) is 6.73. The van der Waals surface area contributed by atoms with Crippen LogP contribution < -0.4 is 15.5 Å². The first-order valence-corrected chi connectivity index (χ1v) is 11.0. The number of carbonyl (C=O) groups excluding carboxylic acids is 1. The van der Waals surface area contributed by atoms with Crippen LogP contribution in [-0.4, -0.2) is 30.0 Å². The molecular formula is C26H30N4O. The molecule has 0 saturated carbocycles. The minimum atomic E-state index is -0.0405. The maximum Gasteiger partial charge on any atom is 0.251 e. The van der Waals surface area contributed by atoms with Crippen molar-refractivity contribution in [3.63, 3.8) is 0 Å². The van der Waals surface area contributed by atoms with E-state index in [1.54, 1.807) is 6.20 Å². The molecule has 4 rings (SSSR count). The van der Waals surface area contributed by atoms with Crippen molar-refractivity contribution < 1.29 is 4.79 Å². The maximum absolute atomic E-state index is 12.6. The summed E-state index contributed by atoms with van der Waals surface area (Å²) < 4.78 is 0. The van der Waals surface area contributed by atoms with Crippen LogP contribution in [0.1, 0.15) is 47.3 Å². The lowest BCUT2D eigenvalue weighted by Crippen LogP contribution is -2.42. The van der Waals surface area contributed by atoms with Crippen molar-refractivity contribution in [1.82, 2.24) is 15.6 Å². The van der Waals surface area contributed by atoms with Crippen molar-refractivity contribution in [2.75, 3.05) is 18.0 Å². The molecule has 1 aromatic heterocycles. The number of benzene rings is 2. The number of aromatic nitrogens is 1. The number of nitrogens with one attached hydrogen (secondary N) is 2.